The zero-order valence-corrected chi connectivity index (χ0v) is 38.1. The van der Waals surface area contributed by atoms with Crippen LogP contribution in [-0.2, 0) is 0 Å². The Morgan fingerprint density at radius 1 is 0.269 bits per heavy atom. The van der Waals surface area contributed by atoms with Crippen molar-refractivity contribution >= 4 is 90.9 Å². The molecular formula is C64H41NS2. The van der Waals surface area contributed by atoms with Gasteiger partial charge in [0.05, 0.1) is 16.1 Å². The zero-order valence-electron chi connectivity index (χ0n) is 36.4. The molecule has 3 heteroatoms. The molecule has 0 fully saturated rings. The number of hydrogen-bond acceptors (Lipinski definition) is 3. The lowest BCUT2D eigenvalue weighted by atomic mass is 9.91. The molecule has 0 saturated heterocycles. The Morgan fingerprint density at radius 3 is 1.34 bits per heavy atom. The molecule has 0 spiro atoms. The van der Waals surface area contributed by atoms with Gasteiger partial charge >= 0.3 is 0 Å². The van der Waals surface area contributed by atoms with Crippen molar-refractivity contribution in [2.45, 2.75) is 0 Å². The summed E-state index contributed by atoms with van der Waals surface area (Å²) < 4.78 is 5.10. The summed E-state index contributed by atoms with van der Waals surface area (Å²) >= 11 is 3.78. The number of thiophene rings is 2. The van der Waals surface area contributed by atoms with Gasteiger partial charge in [-0.25, -0.2) is 0 Å². The highest BCUT2D eigenvalue weighted by Crippen LogP contribution is 2.52. The summed E-state index contributed by atoms with van der Waals surface area (Å²) in [5, 5.41) is 7.53. The Kier molecular flexibility index (Phi) is 9.63. The molecule has 0 aliphatic carbocycles. The van der Waals surface area contributed by atoms with E-state index in [4.69, 9.17) is 0 Å². The first-order valence-corrected chi connectivity index (χ1v) is 24.4. The SMILES string of the molecule is c1ccc(-c2ccc3c(c2)sc2c(N(c4ccc(-c5cc6ccccc6cc5-c5ccccc5)cc4)c4ccc(-c5ccccc5)c5sc6cc(-c7ccccc7)ccc6c45)cccc23)cc1. The summed E-state index contributed by atoms with van der Waals surface area (Å²) in [4.78, 5) is 2.53. The van der Waals surface area contributed by atoms with Crippen molar-refractivity contribution in [1.82, 2.24) is 0 Å². The van der Waals surface area contributed by atoms with Gasteiger partial charge in [0, 0.05) is 41.3 Å². The topological polar surface area (TPSA) is 3.24 Å². The van der Waals surface area contributed by atoms with Gasteiger partial charge in [0.15, 0.2) is 0 Å². The molecule has 314 valence electrons. The number of rotatable bonds is 8. The van der Waals surface area contributed by atoms with E-state index in [1.807, 2.05) is 22.7 Å². The molecule has 0 unspecified atom stereocenters. The van der Waals surface area contributed by atoms with Crippen LogP contribution in [0.1, 0.15) is 0 Å². The number of nitrogens with zero attached hydrogens (tertiary/aromatic N) is 1. The van der Waals surface area contributed by atoms with Crippen LogP contribution in [0.5, 0.6) is 0 Å². The van der Waals surface area contributed by atoms with Gasteiger partial charge in [0.25, 0.3) is 0 Å². The summed E-state index contributed by atoms with van der Waals surface area (Å²) in [5.74, 6) is 0. The molecule has 0 atom stereocenters. The molecule has 2 heterocycles. The van der Waals surface area contributed by atoms with Crippen molar-refractivity contribution < 1.29 is 0 Å². The van der Waals surface area contributed by atoms with Gasteiger partial charge in [-0.2, -0.15) is 0 Å². The largest absolute Gasteiger partial charge is 0.308 e. The minimum absolute atomic E-state index is 1.11. The number of benzene rings is 11. The number of anilines is 3. The molecule has 0 radical (unpaired) electrons. The monoisotopic (exact) mass is 887 g/mol. The zero-order chi connectivity index (χ0) is 44.3. The predicted molar refractivity (Wildman–Crippen MR) is 292 cm³/mol. The maximum absolute atomic E-state index is 2.53. The molecule has 11 aromatic carbocycles. The van der Waals surface area contributed by atoms with Crippen LogP contribution in [0.2, 0.25) is 0 Å². The fourth-order valence-corrected chi connectivity index (χ4v) is 12.6. The molecule has 0 bridgehead atoms. The normalized spacial score (nSPS) is 11.6. The first-order chi connectivity index (χ1) is 33.2. The predicted octanol–water partition coefficient (Wildman–Crippen LogP) is 19.4. The molecule has 0 aliphatic heterocycles. The van der Waals surface area contributed by atoms with Gasteiger partial charge in [-0.05, 0) is 115 Å². The van der Waals surface area contributed by atoms with Gasteiger partial charge in [0.1, 0.15) is 0 Å². The fourth-order valence-electron chi connectivity index (χ4n) is 10.0. The Hall–Kier alpha value is -8.08. The maximum atomic E-state index is 2.53. The molecule has 67 heavy (non-hydrogen) atoms. The van der Waals surface area contributed by atoms with Crippen LogP contribution in [-0.4, -0.2) is 0 Å². The molecule has 2 aromatic heterocycles. The maximum Gasteiger partial charge on any atom is 0.0640 e. The van der Waals surface area contributed by atoms with Crippen LogP contribution in [0.3, 0.4) is 0 Å². The molecular weight excluding hydrogens is 847 g/mol. The Labute approximate surface area is 397 Å². The van der Waals surface area contributed by atoms with Crippen LogP contribution < -0.4 is 4.90 Å². The van der Waals surface area contributed by atoms with E-state index in [2.05, 4.69) is 254 Å². The average Bonchev–Trinajstić information content (AvgIpc) is 3.98. The Bertz CT molecular complexity index is 3950. The van der Waals surface area contributed by atoms with Crippen molar-refractivity contribution in [2.24, 2.45) is 0 Å². The second-order valence-electron chi connectivity index (χ2n) is 17.2. The quantitative estimate of drug-likeness (QED) is 0.147. The van der Waals surface area contributed by atoms with Gasteiger partial charge in [-0.3, -0.25) is 0 Å². The Balaban J connectivity index is 1.06. The third-order valence-electron chi connectivity index (χ3n) is 13.3. The van der Waals surface area contributed by atoms with Crippen LogP contribution in [0.4, 0.5) is 17.1 Å². The standard InChI is InChI=1S/C64H41NS2/c1-5-16-42(17-6-1)49-30-34-53-54-26-15-27-59(63(54)66-60(53)40-49)65(51-32-28-46(29-33-51)57-39-48-25-14-13-24-47(48)38-56(57)45-22-11-4-12-23-45)58-37-36-52(44-20-9-3-10-21-44)64-62(58)55-35-31-50(41-61(55)67-64)43-18-7-2-8-19-43/h1-41H. The highest BCUT2D eigenvalue weighted by Gasteiger charge is 2.24. The minimum Gasteiger partial charge on any atom is -0.308 e. The van der Waals surface area contributed by atoms with Crippen molar-refractivity contribution in [3.63, 3.8) is 0 Å². The minimum atomic E-state index is 1.11. The van der Waals surface area contributed by atoms with Crippen molar-refractivity contribution in [1.29, 1.82) is 0 Å². The lowest BCUT2D eigenvalue weighted by Crippen LogP contribution is -2.10. The molecule has 0 aliphatic rings. The highest BCUT2D eigenvalue weighted by molar-refractivity contribution is 7.27. The molecule has 1 nitrogen and oxygen atoms in total. The van der Waals surface area contributed by atoms with E-state index in [0.29, 0.717) is 0 Å². The molecule has 0 amide bonds. The summed E-state index contributed by atoms with van der Waals surface area (Å²) in [6, 6.07) is 91.4. The third kappa shape index (κ3) is 6.91. The van der Waals surface area contributed by atoms with Crippen molar-refractivity contribution in [2.75, 3.05) is 4.90 Å². The van der Waals surface area contributed by atoms with E-state index in [-0.39, 0.29) is 0 Å². The number of fused-ring (bicyclic) bond motifs is 7. The number of hydrogen-bond donors (Lipinski definition) is 0. The molecule has 13 aromatic rings. The van der Waals surface area contributed by atoms with Gasteiger partial charge in [-0.15, -0.1) is 22.7 Å². The van der Waals surface area contributed by atoms with Crippen LogP contribution in [0.25, 0.3) is 107 Å². The van der Waals surface area contributed by atoms with E-state index in [1.165, 1.54) is 107 Å². The van der Waals surface area contributed by atoms with E-state index < -0.39 is 0 Å². The average molecular weight is 888 g/mol. The highest BCUT2D eigenvalue weighted by atomic mass is 32.1. The molecule has 0 N–H and O–H groups in total. The first-order valence-electron chi connectivity index (χ1n) is 22.8. The van der Waals surface area contributed by atoms with Crippen molar-refractivity contribution in [3.05, 3.63) is 249 Å². The summed E-state index contributed by atoms with van der Waals surface area (Å²) in [6.07, 6.45) is 0. The second kappa shape index (κ2) is 16.4. The summed E-state index contributed by atoms with van der Waals surface area (Å²) in [7, 11) is 0. The van der Waals surface area contributed by atoms with E-state index >= 15 is 0 Å². The van der Waals surface area contributed by atoms with Crippen LogP contribution in [0, 0.1) is 0 Å². The molecule has 13 rings (SSSR count). The van der Waals surface area contributed by atoms with E-state index in [0.717, 1.165) is 17.1 Å². The third-order valence-corrected chi connectivity index (χ3v) is 15.6. The van der Waals surface area contributed by atoms with Gasteiger partial charge in [-0.1, -0.05) is 200 Å². The van der Waals surface area contributed by atoms with E-state index in [1.54, 1.807) is 0 Å². The second-order valence-corrected chi connectivity index (χ2v) is 19.3. The lowest BCUT2D eigenvalue weighted by Gasteiger charge is -2.28. The lowest BCUT2D eigenvalue weighted by molar-refractivity contribution is 1.32. The smallest absolute Gasteiger partial charge is 0.0640 e. The van der Waals surface area contributed by atoms with Crippen LogP contribution >= 0.6 is 22.7 Å². The van der Waals surface area contributed by atoms with Crippen LogP contribution in [0.15, 0.2) is 249 Å². The first kappa shape index (κ1) is 39.3. The van der Waals surface area contributed by atoms with Gasteiger partial charge in [0.2, 0.25) is 0 Å². The van der Waals surface area contributed by atoms with Crippen molar-refractivity contribution in [3.8, 4) is 55.6 Å². The van der Waals surface area contributed by atoms with Gasteiger partial charge < -0.3 is 4.90 Å². The molecule has 0 saturated carbocycles. The van der Waals surface area contributed by atoms with E-state index in [9.17, 15) is 0 Å². The summed E-state index contributed by atoms with van der Waals surface area (Å²) in [5.41, 5.74) is 15.6. The Morgan fingerprint density at radius 2 is 0.746 bits per heavy atom. The fraction of sp³-hybridized carbons (Fsp3) is 0. The summed E-state index contributed by atoms with van der Waals surface area (Å²) in [6.45, 7) is 0.